The minimum atomic E-state index is 0.225. The van der Waals surface area contributed by atoms with Gasteiger partial charge in [-0.25, -0.2) is 15.0 Å². The summed E-state index contributed by atoms with van der Waals surface area (Å²) in [6.45, 7) is 0. The van der Waals surface area contributed by atoms with Crippen LogP contribution in [0.4, 0.5) is 11.6 Å². The standard InChI is InChI=1S/C13H10N4OS/c18-10-3-1-9(2-4-10)16-13-15-6-5-11(17-13)12-14-7-8-19-12/h1-8,18H,(H,15,16,17). The van der Waals surface area contributed by atoms with E-state index in [1.165, 1.54) is 11.3 Å². The van der Waals surface area contributed by atoms with Crippen molar-refractivity contribution in [2.24, 2.45) is 0 Å². The number of thiazole rings is 1. The zero-order valence-corrected chi connectivity index (χ0v) is 10.6. The number of benzene rings is 1. The molecule has 0 atom stereocenters. The molecule has 0 aliphatic heterocycles. The van der Waals surface area contributed by atoms with E-state index in [9.17, 15) is 5.11 Å². The van der Waals surface area contributed by atoms with Crippen molar-refractivity contribution in [3.8, 4) is 16.5 Å². The lowest BCUT2D eigenvalue weighted by Crippen LogP contribution is -1.97. The summed E-state index contributed by atoms with van der Waals surface area (Å²) in [4.78, 5) is 12.8. The Kier molecular flexibility index (Phi) is 3.07. The smallest absolute Gasteiger partial charge is 0.227 e. The van der Waals surface area contributed by atoms with Gasteiger partial charge in [0.2, 0.25) is 5.95 Å². The molecule has 0 bridgehead atoms. The van der Waals surface area contributed by atoms with Crippen LogP contribution in [0.5, 0.6) is 5.75 Å². The summed E-state index contributed by atoms with van der Waals surface area (Å²) < 4.78 is 0. The number of aromatic hydroxyl groups is 1. The Morgan fingerprint density at radius 2 is 1.84 bits per heavy atom. The molecule has 0 aliphatic carbocycles. The van der Waals surface area contributed by atoms with E-state index >= 15 is 0 Å². The molecule has 0 spiro atoms. The largest absolute Gasteiger partial charge is 0.508 e. The predicted octanol–water partition coefficient (Wildman–Crippen LogP) is 3.05. The van der Waals surface area contributed by atoms with Crippen molar-refractivity contribution in [2.75, 3.05) is 5.32 Å². The van der Waals surface area contributed by atoms with E-state index in [0.717, 1.165) is 16.4 Å². The van der Waals surface area contributed by atoms with Gasteiger partial charge >= 0.3 is 0 Å². The van der Waals surface area contributed by atoms with Crippen LogP contribution in [0.3, 0.4) is 0 Å². The molecule has 0 radical (unpaired) electrons. The molecule has 1 aromatic carbocycles. The number of hydrogen-bond acceptors (Lipinski definition) is 6. The predicted molar refractivity (Wildman–Crippen MR) is 74.5 cm³/mol. The Balaban J connectivity index is 1.85. The fourth-order valence-electron chi connectivity index (χ4n) is 1.56. The van der Waals surface area contributed by atoms with Gasteiger partial charge in [-0.1, -0.05) is 0 Å². The highest BCUT2D eigenvalue weighted by atomic mass is 32.1. The summed E-state index contributed by atoms with van der Waals surface area (Å²) in [5.74, 6) is 0.724. The van der Waals surface area contributed by atoms with Crippen molar-refractivity contribution in [3.63, 3.8) is 0 Å². The molecule has 0 amide bonds. The molecule has 5 nitrogen and oxygen atoms in total. The van der Waals surface area contributed by atoms with E-state index in [0.29, 0.717) is 5.95 Å². The molecule has 2 heterocycles. The number of phenolic OH excluding ortho intramolecular Hbond substituents is 1. The lowest BCUT2D eigenvalue weighted by molar-refractivity contribution is 0.475. The van der Waals surface area contributed by atoms with Crippen LogP contribution < -0.4 is 5.32 Å². The van der Waals surface area contributed by atoms with E-state index in [2.05, 4.69) is 20.3 Å². The van der Waals surface area contributed by atoms with Crippen LogP contribution in [0, 0.1) is 0 Å². The highest BCUT2D eigenvalue weighted by molar-refractivity contribution is 7.13. The normalized spacial score (nSPS) is 10.3. The van der Waals surface area contributed by atoms with E-state index in [1.54, 1.807) is 36.7 Å². The molecule has 0 unspecified atom stereocenters. The van der Waals surface area contributed by atoms with Crippen molar-refractivity contribution < 1.29 is 5.11 Å². The molecule has 94 valence electrons. The monoisotopic (exact) mass is 270 g/mol. The fourth-order valence-corrected chi connectivity index (χ4v) is 2.17. The minimum absolute atomic E-state index is 0.225. The number of phenols is 1. The van der Waals surface area contributed by atoms with E-state index in [1.807, 2.05) is 11.4 Å². The molecule has 19 heavy (non-hydrogen) atoms. The van der Waals surface area contributed by atoms with Crippen molar-refractivity contribution in [1.82, 2.24) is 15.0 Å². The number of anilines is 2. The van der Waals surface area contributed by atoms with Crippen LogP contribution in [-0.4, -0.2) is 20.1 Å². The van der Waals surface area contributed by atoms with E-state index in [4.69, 9.17) is 0 Å². The molecule has 3 rings (SSSR count). The first-order valence-electron chi connectivity index (χ1n) is 5.60. The number of nitrogens with one attached hydrogen (secondary N) is 1. The Bertz CT molecular complexity index is 667. The average molecular weight is 270 g/mol. The lowest BCUT2D eigenvalue weighted by Gasteiger charge is -2.05. The summed E-state index contributed by atoms with van der Waals surface area (Å²) in [7, 11) is 0. The Hall–Kier alpha value is -2.47. The highest BCUT2D eigenvalue weighted by Gasteiger charge is 2.04. The maximum atomic E-state index is 9.23. The van der Waals surface area contributed by atoms with Crippen molar-refractivity contribution in [3.05, 3.63) is 48.1 Å². The second-order valence-corrected chi connectivity index (χ2v) is 4.67. The van der Waals surface area contributed by atoms with Gasteiger partial charge in [0, 0.05) is 23.5 Å². The van der Waals surface area contributed by atoms with Gasteiger partial charge in [0.1, 0.15) is 16.5 Å². The highest BCUT2D eigenvalue weighted by Crippen LogP contribution is 2.21. The first-order valence-corrected chi connectivity index (χ1v) is 6.48. The molecule has 2 N–H and O–H groups in total. The van der Waals surface area contributed by atoms with Gasteiger partial charge < -0.3 is 10.4 Å². The van der Waals surface area contributed by atoms with Gasteiger partial charge in [-0.3, -0.25) is 0 Å². The number of nitrogens with zero attached hydrogens (tertiary/aromatic N) is 3. The quantitative estimate of drug-likeness (QED) is 0.716. The second-order valence-electron chi connectivity index (χ2n) is 3.77. The summed E-state index contributed by atoms with van der Waals surface area (Å²) in [5, 5.41) is 15.1. The Morgan fingerprint density at radius 3 is 2.58 bits per heavy atom. The maximum Gasteiger partial charge on any atom is 0.227 e. The Labute approximate surface area is 113 Å². The van der Waals surface area contributed by atoms with Gasteiger partial charge in [0.25, 0.3) is 0 Å². The molecule has 3 aromatic rings. The SMILES string of the molecule is Oc1ccc(Nc2nccc(-c3nccs3)n2)cc1. The van der Waals surface area contributed by atoms with Gasteiger partial charge in [0.15, 0.2) is 0 Å². The fraction of sp³-hybridized carbons (Fsp3) is 0. The number of hydrogen-bond donors (Lipinski definition) is 2. The molecule has 0 saturated heterocycles. The first-order chi connectivity index (χ1) is 9.31. The summed E-state index contributed by atoms with van der Waals surface area (Å²) in [6, 6.07) is 8.55. The van der Waals surface area contributed by atoms with Crippen LogP contribution in [0.15, 0.2) is 48.1 Å². The van der Waals surface area contributed by atoms with Crippen LogP contribution in [0.2, 0.25) is 0 Å². The van der Waals surface area contributed by atoms with Crippen LogP contribution in [0.1, 0.15) is 0 Å². The molecular formula is C13H10N4OS. The summed E-state index contributed by atoms with van der Waals surface area (Å²) in [6.07, 6.45) is 3.43. The van der Waals surface area contributed by atoms with E-state index in [-0.39, 0.29) is 5.75 Å². The molecule has 0 fully saturated rings. The maximum absolute atomic E-state index is 9.23. The Morgan fingerprint density at radius 1 is 1.00 bits per heavy atom. The summed E-state index contributed by atoms with van der Waals surface area (Å²) in [5.41, 5.74) is 1.60. The first kappa shape index (κ1) is 11.6. The van der Waals surface area contributed by atoms with Crippen molar-refractivity contribution in [2.45, 2.75) is 0 Å². The van der Waals surface area contributed by atoms with Gasteiger partial charge in [-0.15, -0.1) is 11.3 Å². The molecule has 6 heteroatoms. The number of rotatable bonds is 3. The number of aromatic nitrogens is 3. The topological polar surface area (TPSA) is 70.9 Å². The molecule has 2 aromatic heterocycles. The average Bonchev–Trinajstić information content (AvgIpc) is 2.96. The van der Waals surface area contributed by atoms with E-state index < -0.39 is 0 Å². The molecule has 0 saturated carbocycles. The zero-order chi connectivity index (χ0) is 13.1. The summed E-state index contributed by atoms with van der Waals surface area (Å²) >= 11 is 1.53. The van der Waals surface area contributed by atoms with Crippen molar-refractivity contribution in [1.29, 1.82) is 0 Å². The van der Waals surface area contributed by atoms with Gasteiger partial charge in [-0.2, -0.15) is 0 Å². The third-order valence-electron chi connectivity index (χ3n) is 2.43. The second kappa shape index (κ2) is 5.03. The third kappa shape index (κ3) is 2.69. The van der Waals surface area contributed by atoms with Gasteiger partial charge in [0.05, 0.1) is 0 Å². The third-order valence-corrected chi connectivity index (χ3v) is 3.23. The van der Waals surface area contributed by atoms with Crippen molar-refractivity contribution >= 4 is 23.0 Å². The van der Waals surface area contributed by atoms with Crippen LogP contribution in [0.25, 0.3) is 10.7 Å². The minimum Gasteiger partial charge on any atom is -0.508 e. The van der Waals surface area contributed by atoms with Crippen LogP contribution >= 0.6 is 11.3 Å². The zero-order valence-electron chi connectivity index (χ0n) is 9.82. The molecular weight excluding hydrogens is 260 g/mol. The van der Waals surface area contributed by atoms with Crippen LogP contribution in [-0.2, 0) is 0 Å². The van der Waals surface area contributed by atoms with Gasteiger partial charge in [-0.05, 0) is 30.3 Å². The molecule has 0 aliphatic rings. The lowest BCUT2D eigenvalue weighted by atomic mass is 10.3.